The topological polar surface area (TPSA) is 63.6 Å². The standard InChI is InChI=1S/C14H18O4/c1-3-14(12(15)16,13(17)18-4-2)10-11-8-6-5-7-9-11/h5-9H,3-4,10H2,1-2H3,(H,15,16). The maximum atomic E-state index is 11.9. The van der Waals surface area contributed by atoms with Gasteiger partial charge >= 0.3 is 11.9 Å². The molecule has 1 rings (SSSR count). The first-order chi connectivity index (χ1) is 8.56. The van der Waals surface area contributed by atoms with Gasteiger partial charge in [-0.1, -0.05) is 37.3 Å². The van der Waals surface area contributed by atoms with Crippen LogP contribution in [-0.4, -0.2) is 23.7 Å². The third kappa shape index (κ3) is 2.88. The Morgan fingerprint density at radius 3 is 2.28 bits per heavy atom. The number of carbonyl (C=O) groups is 2. The SMILES string of the molecule is CCOC(=O)C(CC)(Cc1ccccc1)C(=O)O. The predicted octanol–water partition coefficient (Wildman–Crippen LogP) is 2.27. The van der Waals surface area contributed by atoms with Gasteiger partial charge in [-0.3, -0.25) is 9.59 Å². The summed E-state index contributed by atoms with van der Waals surface area (Å²) < 4.78 is 4.91. The highest BCUT2D eigenvalue weighted by molar-refractivity contribution is 5.99. The molecule has 0 saturated heterocycles. The first kappa shape index (κ1) is 14.2. The molecule has 0 aliphatic heterocycles. The van der Waals surface area contributed by atoms with Gasteiger partial charge in [0, 0.05) is 0 Å². The van der Waals surface area contributed by atoms with Crippen LogP contribution in [0, 0.1) is 5.41 Å². The van der Waals surface area contributed by atoms with E-state index in [2.05, 4.69) is 0 Å². The molecule has 0 aromatic heterocycles. The minimum atomic E-state index is -1.49. The highest BCUT2D eigenvalue weighted by atomic mass is 16.5. The average molecular weight is 250 g/mol. The number of aliphatic carboxylic acids is 1. The van der Waals surface area contributed by atoms with E-state index in [1.807, 2.05) is 30.3 Å². The summed E-state index contributed by atoms with van der Waals surface area (Å²) in [5.74, 6) is -1.80. The normalized spacial score (nSPS) is 13.7. The summed E-state index contributed by atoms with van der Waals surface area (Å²) in [6, 6.07) is 9.12. The summed E-state index contributed by atoms with van der Waals surface area (Å²) in [5, 5.41) is 9.38. The number of benzene rings is 1. The predicted molar refractivity (Wildman–Crippen MR) is 67.1 cm³/mol. The third-order valence-corrected chi connectivity index (χ3v) is 3.03. The largest absolute Gasteiger partial charge is 0.480 e. The second-order valence-corrected chi connectivity index (χ2v) is 4.12. The second kappa shape index (κ2) is 6.19. The first-order valence-electron chi connectivity index (χ1n) is 6.01. The van der Waals surface area contributed by atoms with Crippen molar-refractivity contribution in [2.45, 2.75) is 26.7 Å². The van der Waals surface area contributed by atoms with Crippen molar-refractivity contribution in [2.75, 3.05) is 6.61 Å². The Morgan fingerprint density at radius 1 is 1.22 bits per heavy atom. The van der Waals surface area contributed by atoms with Crippen molar-refractivity contribution < 1.29 is 19.4 Å². The van der Waals surface area contributed by atoms with Gasteiger partial charge in [-0.25, -0.2) is 0 Å². The Bertz CT molecular complexity index is 413. The molecule has 0 saturated carbocycles. The van der Waals surface area contributed by atoms with Gasteiger partial charge in [0.2, 0.25) is 0 Å². The molecule has 1 atom stereocenters. The molecule has 98 valence electrons. The Morgan fingerprint density at radius 2 is 1.83 bits per heavy atom. The molecule has 1 unspecified atom stereocenters. The zero-order valence-corrected chi connectivity index (χ0v) is 10.7. The lowest BCUT2D eigenvalue weighted by atomic mass is 9.79. The summed E-state index contributed by atoms with van der Waals surface area (Å²) >= 11 is 0. The van der Waals surface area contributed by atoms with E-state index in [1.165, 1.54) is 0 Å². The van der Waals surface area contributed by atoms with Crippen LogP contribution in [0.1, 0.15) is 25.8 Å². The van der Waals surface area contributed by atoms with Crippen LogP contribution >= 0.6 is 0 Å². The molecule has 0 fully saturated rings. The number of carbonyl (C=O) groups excluding carboxylic acids is 1. The Hall–Kier alpha value is -1.84. The molecule has 0 amide bonds. The van der Waals surface area contributed by atoms with E-state index in [1.54, 1.807) is 13.8 Å². The zero-order valence-electron chi connectivity index (χ0n) is 10.7. The molecule has 1 aromatic carbocycles. The van der Waals surface area contributed by atoms with Gasteiger partial charge in [-0.15, -0.1) is 0 Å². The van der Waals surface area contributed by atoms with Crippen LogP contribution in [0.15, 0.2) is 30.3 Å². The fourth-order valence-corrected chi connectivity index (χ4v) is 1.87. The number of ether oxygens (including phenoxy) is 1. The van der Waals surface area contributed by atoms with Gasteiger partial charge in [0.25, 0.3) is 0 Å². The van der Waals surface area contributed by atoms with Crippen molar-refractivity contribution in [3.63, 3.8) is 0 Å². The molecule has 18 heavy (non-hydrogen) atoms. The van der Waals surface area contributed by atoms with E-state index in [4.69, 9.17) is 4.74 Å². The highest BCUT2D eigenvalue weighted by Gasteiger charge is 2.46. The van der Waals surface area contributed by atoms with Gasteiger partial charge in [0.15, 0.2) is 5.41 Å². The second-order valence-electron chi connectivity index (χ2n) is 4.12. The lowest BCUT2D eigenvalue weighted by Crippen LogP contribution is -2.42. The molecule has 0 spiro atoms. The van der Waals surface area contributed by atoms with Gasteiger partial charge in [-0.05, 0) is 25.3 Å². The van der Waals surface area contributed by atoms with E-state index in [0.29, 0.717) is 0 Å². The van der Waals surface area contributed by atoms with E-state index in [-0.39, 0.29) is 19.4 Å². The molecule has 0 bridgehead atoms. The van der Waals surface area contributed by atoms with Crippen molar-refractivity contribution >= 4 is 11.9 Å². The number of carboxylic acids is 1. The van der Waals surface area contributed by atoms with Crippen LogP contribution in [-0.2, 0) is 20.7 Å². The number of hydrogen-bond acceptors (Lipinski definition) is 3. The quantitative estimate of drug-likeness (QED) is 0.621. The van der Waals surface area contributed by atoms with Crippen molar-refractivity contribution in [1.82, 2.24) is 0 Å². The van der Waals surface area contributed by atoms with Crippen LogP contribution in [0.5, 0.6) is 0 Å². The summed E-state index contributed by atoms with van der Waals surface area (Å²) in [6.07, 6.45) is 0.356. The molecule has 4 nitrogen and oxygen atoms in total. The molecule has 0 radical (unpaired) electrons. The van der Waals surface area contributed by atoms with E-state index < -0.39 is 17.4 Å². The molecule has 4 heteroatoms. The van der Waals surface area contributed by atoms with Gasteiger partial charge in [-0.2, -0.15) is 0 Å². The fourth-order valence-electron chi connectivity index (χ4n) is 1.87. The molecule has 0 heterocycles. The monoisotopic (exact) mass is 250 g/mol. The summed E-state index contributed by atoms with van der Waals surface area (Å²) in [5.41, 5.74) is -0.674. The van der Waals surface area contributed by atoms with E-state index in [9.17, 15) is 14.7 Å². The lowest BCUT2D eigenvalue weighted by Gasteiger charge is -2.25. The molecule has 0 aliphatic rings. The number of esters is 1. The van der Waals surface area contributed by atoms with Crippen LogP contribution in [0.25, 0.3) is 0 Å². The number of rotatable bonds is 6. The smallest absolute Gasteiger partial charge is 0.323 e. The van der Waals surface area contributed by atoms with Crippen molar-refractivity contribution in [3.05, 3.63) is 35.9 Å². The van der Waals surface area contributed by atoms with Crippen molar-refractivity contribution in [3.8, 4) is 0 Å². The minimum Gasteiger partial charge on any atom is -0.480 e. The van der Waals surface area contributed by atoms with Crippen LogP contribution in [0.3, 0.4) is 0 Å². The van der Waals surface area contributed by atoms with Crippen molar-refractivity contribution in [2.24, 2.45) is 5.41 Å². The average Bonchev–Trinajstić information content (AvgIpc) is 2.37. The maximum absolute atomic E-state index is 11.9. The van der Waals surface area contributed by atoms with Crippen LogP contribution in [0.4, 0.5) is 0 Å². The van der Waals surface area contributed by atoms with E-state index in [0.717, 1.165) is 5.56 Å². The van der Waals surface area contributed by atoms with Gasteiger partial charge < -0.3 is 9.84 Å². The van der Waals surface area contributed by atoms with E-state index >= 15 is 0 Å². The summed E-state index contributed by atoms with van der Waals surface area (Å²) in [7, 11) is 0. The summed E-state index contributed by atoms with van der Waals surface area (Å²) in [4.78, 5) is 23.4. The van der Waals surface area contributed by atoms with Gasteiger partial charge in [0.05, 0.1) is 6.61 Å². The zero-order chi connectivity index (χ0) is 13.6. The highest BCUT2D eigenvalue weighted by Crippen LogP contribution is 2.29. The molecule has 0 aliphatic carbocycles. The Balaban J connectivity index is 3.05. The lowest BCUT2D eigenvalue weighted by molar-refractivity contribution is -0.168. The Labute approximate surface area is 107 Å². The van der Waals surface area contributed by atoms with Crippen molar-refractivity contribution in [1.29, 1.82) is 0 Å². The fraction of sp³-hybridized carbons (Fsp3) is 0.429. The van der Waals surface area contributed by atoms with Crippen LogP contribution in [0.2, 0.25) is 0 Å². The third-order valence-electron chi connectivity index (χ3n) is 3.03. The first-order valence-corrected chi connectivity index (χ1v) is 6.01. The minimum absolute atomic E-state index is 0.151. The summed E-state index contributed by atoms with van der Waals surface area (Å²) in [6.45, 7) is 3.54. The Kier molecular flexibility index (Phi) is 4.89. The number of hydrogen-bond donors (Lipinski definition) is 1. The molecule has 1 N–H and O–H groups in total. The molecular weight excluding hydrogens is 232 g/mol. The van der Waals surface area contributed by atoms with Gasteiger partial charge in [0.1, 0.15) is 0 Å². The maximum Gasteiger partial charge on any atom is 0.323 e. The number of carboxylic acid groups (broad SMARTS) is 1. The molecular formula is C14H18O4. The molecule has 1 aromatic rings. The van der Waals surface area contributed by atoms with Crippen LogP contribution < -0.4 is 0 Å².